The largest absolute Gasteiger partial charge is 0.381 e. The Morgan fingerprint density at radius 1 is 1.62 bits per heavy atom. The number of nitrogens with zero attached hydrogens (tertiary/aromatic N) is 1. The number of hydrogen-bond donors (Lipinski definition) is 1. The second kappa shape index (κ2) is 5.34. The van der Waals surface area contributed by atoms with Gasteiger partial charge >= 0.3 is 0 Å². The first-order valence-electron chi connectivity index (χ1n) is 5.71. The van der Waals surface area contributed by atoms with Crippen molar-refractivity contribution in [2.24, 2.45) is 17.1 Å². The van der Waals surface area contributed by atoms with Gasteiger partial charge in [0.05, 0.1) is 12.5 Å². The molecule has 0 aromatic carbocycles. The van der Waals surface area contributed by atoms with Crippen LogP contribution in [0.15, 0.2) is 0 Å². The zero-order valence-electron chi connectivity index (χ0n) is 9.78. The molecule has 0 spiro atoms. The van der Waals surface area contributed by atoms with E-state index in [9.17, 15) is 4.79 Å². The molecule has 0 aromatic rings. The van der Waals surface area contributed by atoms with Gasteiger partial charge in [-0.05, 0) is 24.8 Å². The minimum absolute atomic E-state index is 0. The molecule has 1 amide bonds. The van der Waals surface area contributed by atoms with Crippen molar-refractivity contribution >= 4 is 18.3 Å². The van der Waals surface area contributed by atoms with Crippen LogP contribution >= 0.6 is 12.4 Å². The summed E-state index contributed by atoms with van der Waals surface area (Å²) in [4.78, 5) is 14.0. The molecule has 0 aliphatic carbocycles. The summed E-state index contributed by atoms with van der Waals surface area (Å²) in [5.41, 5.74) is 5.86. The number of likely N-dealkylation sites (tertiary alicyclic amines) is 1. The molecule has 0 radical (unpaired) electrons. The Morgan fingerprint density at radius 3 is 2.88 bits per heavy atom. The number of hydrogen-bond acceptors (Lipinski definition) is 3. The van der Waals surface area contributed by atoms with Crippen molar-refractivity contribution in [3.63, 3.8) is 0 Å². The Morgan fingerprint density at radius 2 is 2.38 bits per heavy atom. The molecule has 2 atom stereocenters. The van der Waals surface area contributed by atoms with Crippen LogP contribution in [0.1, 0.15) is 19.8 Å². The molecule has 4 nitrogen and oxygen atoms in total. The highest BCUT2D eigenvalue weighted by Crippen LogP contribution is 2.30. The zero-order valence-corrected chi connectivity index (χ0v) is 10.6. The molecule has 16 heavy (non-hydrogen) atoms. The van der Waals surface area contributed by atoms with Gasteiger partial charge in [-0.3, -0.25) is 4.79 Å². The van der Waals surface area contributed by atoms with Crippen LogP contribution < -0.4 is 5.73 Å². The van der Waals surface area contributed by atoms with E-state index in [0.717, 1.165) is 32.5 Å². The summed E-state index contributed by atoms with van der Waals surface area (Å²) in [5.74, 6) is 0.370. The maximum Gasteiger partial charge on any atom is 0.228 e. The van der Waals surface area contributed by atoms with E-state index in [1.54, 1.807) is 0 Å². The summed E-state index contributed by atoms with van der Waals surface area (Å²) in [7, 11) is 0. The number of ether oxygens (including phenoxy) is 1. The van der Waals surface area contributed by atoms with Crippen molar-refractivity contribution in [2.75, 3.05) is 32.8 Å². The molecule has 2 saturated heterocycles. The maximum absolute atomic E-state index is 12.1. The van der Waals surface area contributed by atoms with E-state index in [0.29, 0.717) is 13.2 Å². The molecule has 2 unspecified atom stereocenters. The summed E-state index contributed by atoms with van der Waals surface area (Å²) >= 11 is 0. The smallest absolute Gasteiger partial charge is 0.228 e. The van der Waals surface area contributed by atoms with Crippen LogP contribution in [-0.4, -0.2) is 43.7 Å². The lowest BCUT2D eigenvalue weighted by atomic mass is 9.90. The minimum Gasteiger partial charge on any atom is -0.381 e. The third-order valence-corrected chi connectivity index (χ3v) is 3.64. The lowest BCUT2D eigenvalue weighted by Crippen LogP contribution is -2.38. The normalized spacial score (nSPS) is 33.9. The van der Waals surface area contributed by atoms with Crippen molar-refractivity contribution < 1.29 is 9.53 Å². The SMILES string of the molecule is CC1(CN)CCN(C(=O)C2CCOC2)C1.Cl. The topological polar surface area (TPSA) is 55.6 Å². The number of carbonyl (C=O) groups excluding carboxylic acids is 1. The van der Waals surface area contributed by atoms with Gasteiger partial charge < -0.3 is 15.4 Å². The first-order valence-corrected chi connectivity index (χ1v) is 5.71. The molecule has 2 N–H and O–H groups in total. The quantitative estimate of drug-likeness (QED) is 0.781. The number of nitrogens with two attached hydrogens (primary N) is 1. The molecule has 2 aliphatic rings. The highest BCUT2D eigenvalue weighted by Gasteiger charge is 2.37. The fraction of sp³-hybridized carbons (Fsp3) is 0.909. The molecule has 0 saturated carbocycles. The molecule has 2 rings (SSSR count). The third-order valence-electron chi connectivity index (χ3n) is 3.64. The van der Waals surface area contributed by atoms with E-state index < -0.39 is 0 Å². The molecule has 0 aromatic heterocycles. The Kier molecular flexibility index (Phi) is 4.59. The summed E-state index contributed by atoms with van der Waals surface area (Å²) in [5, 5.41) is 0. The van der Waals surface area contributed by atoms with Gasteiger partial charge in [0.1, 0.15) is 0 Å². The van der Waals surface area contributed by atoms with Crippen LogP contribution in [0.5, 0.6) is 0 Å². The highest BCUT2D eigenvalue weighted by molar-refractivity contribution is 5.85. The Bertz CT molecular complexity index is 256. The number of carbonyl (C=O) groups is 1. The zero-order chi connectivity index (χ0) is 10.9. The molecule has 94 valence electrons. The van der Waals surface area contributed by atoms with E-state index in [-0.39, 0.29) is 29.6 Å². The fourth-order valence-electron chi connectivity index (χ4n) is 2.37. The standard InChI is InChI=1S/C11H20N2O2.ClH/c1-11(7-12)3-4-13(8-11)10(14)9-2-5-15-6-9;/h9H,2-8,12H2,1H3;1H. The lowest BCUT2D eigenvalue weighted by molar-refractivity contribution is -0.134. The third kappa shape index (κ3) is 2.67. The molecule has 0 bridgehead atoms. The highest BCUT2D eigenvalue weighted by atomic mass is 35.5. The van der Waals surface area contributed by atoms with Crippen LogP contribution in [0, 0.1) is 11.3 Å². The average Bonchev–Trinajstić information content (AvgIpc) is 2.86. The monoisotopic (exact) mass is 248 g/mol. The van der Waals surface area contributed by atoms with Gasteiger partial charge in [0.15, 0.2) is 0 Å². The van der Waals surface area contributed by atoms with Crippen molar-refractivity contribution in [2.45, 2.75) is 19.8 Å². The number of halogens is 1. The van der Waals surface area contributed by atoms with Crippen LogP contribution in [0.25, 0.3) is 0 Å². The summed E-state index contributed by atoms with van der Waals surface area (Å²) in [6.45, 7) is 5.85. The lowest BCUT2D eigenvalue weighted by Gasteiger charge is -2.24. The van der Waals surface area contributed by atoms with E-state index in [1.807, 2.05) is 4.90 Å². The second-order valence-corrected chi connectivity index (χ2v) is 5.09. The van der Waals surface area contributed by atoms with Crippen molar-refractivity contribution in [3.8, 4) is 0 Å². The van der Waals surface area contributed by atoms with Crippen molar-refractivity contribution in [1.29, 1.82) is 0 Å². The number of amides is 1. The van der Waals surface area contributed by atoms with Gasteiger partial charge in [0, 0.05) is 19.7 Å². The molecule has 2 fully saturated rings. The minimum atomic E-state index is 0. The van der Waals surface area contributed by atoms with Crippen LogP contribution in [0.2, 0.25) is 0 Å². The summed E-state index contributed by atoms with van der Waals surface area (Å²) < 4.78 is 5.24. The van der Waals surface area contributed by atoms with E-state index in [4.69, 9.17) is 10.5 Å². The van der Waals surface area contributed by atoms with Crippen LogP contribution in [0.3, 0.4) is 0 Å². The van der Waals surface area contributed by atoms with Crippen molar-refractivity contribution in [1.82, 2.24) is 4.90 Å². The second-order valence-electron chi connectivity index (χ2n) is 5.09. The fourth-order valence-corrected chi connectivity index (χ4v) is 2.37. The molecule has 2 heterocycles. The van der Waals surface area contributed by atoms with Crippen LogP contribution in [0.4, 0.5) is 0 Å². The first kappa shape index (κ1) is 13.7. The van der Waals surface area contributed by atoms with E-state index in [1.165, 1.54) is 0 Å². The Labute approximate surface area is 103 Å². The predicted molar refractivity (Wildman–Crippen MR) is 64.5 cm³/mol. The van der Waals surface area contributed by atoms with Gasteiger partial charge in [0.2, 0.25) is 5.91 Å². The van der Waals surface area contributed by atoms with E-state index >= 15 is 0 Å². The van der Waals surface area contributed by atoms with E-state index in [2.05, 4.69) is 6.92 Å². The van der Waals surface area contributed by atoms with Gasteiger partial charge in [-0.1, -0.05) is 6.92 Å². The molecule has 2 aliphatic heterocycles. The Balaban J connectivity index is 0.00000128. The molecule has 5 heteroatoms. The van der Waals surface area contributed by atoms with Gasteiger partial charge in [-0.25, -0.2) is 0 Å². The first-order chi connectivity index (χ1) is 7.14. The maximum atomic E-state index is 12.1. The van der Waals surface area contributed by atoms with Gasteiger partial charge in [-0.15, -0.1) is 12.4 Å². The predicted octanol–water partition coefficient (Wildman–Crippen LogP) is 0.642. The molecular weight excluding hydrogens is 228 g/mol. The Hall–Kier alpha value is -0.320. The van der Waals surface area contributed by atoms with Gasteiger partial charge in [-0.2, -0.15) is 0 Å². The van der Waals surface area contributed by atoms with Crippen LogP contribution in [-0.2, 0) is 9.53 Å². The summed E-state index contributed by atoms with van der Waals surface area (Å²) in [6.07, 6.45) is 1.91. The van der Waals surface area contributed by atoms with Gasteiger partial charge in [0.25, 0.3) is 0 Å². The average molecular weight is 249 g/mol. The number of rotatable bonds is 2. The molecular formula is C11H21ClN2O2. The summed E-state index contributed by atoms with van der Waals surface area (Å²) in [6, 6.07) is 0. The van der Waals surface area contributed by atoms with Crippen molar-refractivity contribution in [3.05, 3.63) is 0 Å².